The molecule has 0 spiro atoms. The van der Waals surface area contributed by atoms with Crippen molar-refractivity contribution in [3.8, 4) is 22.9 Å². The van der Waals surface area contributed by atoms with Gasteiger partial charge in [0.25, 0.3) is 0 Å². The van der Waals surface area contributed by atoms with Gasteiger partial charge in [-0.25, -0.2) is 4.39 Å². The van der Waals surface area contributed by atoms with Crippen LogP contribution in [0.2, 0.25) is 5.02 Å². The standard InChI is InChI=1S/C29H28ClF3N2O/c1-18-7-11-22(12-8-18)35-17-24(19-5-3-2-4-6-19)20-9-13-25(30)23(15-20)27-21(16-34)10-14-26(28(27)31)36-29(32)33/h2-6,9-10,13-15,18,22,24,29,35H,7-8,11-12,17H2,1H3. The quantitative estimate of drug-likeness (QED) is 0.333. The molecule has 1 N–H and O–H groups in total. The van der Waals surface area contributed by atoms with Gasteiger partial charge < -0.3 is 10.1 Å². The first-order valence-electron chi connectivity index (χ1n) is 12.1. The molecule has 0 bridgehead atoms. The first kappa shape index (κ1) is 26.1. The summed E-state index contributed by atoms with van der Waals surface area (Å²) in [6.45, 7) is -0.237. The van der Waals surface area contributed by atoms with Gasteiger partial charge in [-0.3, -0.25) is 0 Å². The minimum Gasteiger partial charge on any atom is -0.432 e. The fourth-order valence-corrected chi connectivity index (χ4v) is 5.13. The maximum absolute atomic E-state index is 15.3. The second-order valence-electron chi connectivity index (χ2n) is 9.36. The maximum atomic E-state index is 15.3. The van der Waals surface area contributed by atoms with E-state index in [1.807, 2.05) is 42.5 Å². The molecule has 1 fully saturated rings. The molecule has 3 nitrogen and oxygen atoms in total. The molecule has 1 aliphatic rings. The zero-order valence-corrected chi connectivity index (χ0v) is 20.7. The Kier molecular flexibility index (Phi) is 8.56. The Bertz CT molecular complexity index is 1220. The lowest BCUT2D eigenvalue weighted by Crippen LogP contribution is -2.35. The average molecular weight is 513 g/mol. The number of ether oxygens (including phenoxy) is 1. The molecule has 1 aliphatic carbocycles. The van der Waals surface area contributed by atoms with Gasteiger partial charge in [0, 0.05) is 34.7 Å². The van der Waals surface area contributed by atoms with Crippen LogP contribution in [0.3, 0.4) is 0 Å². The Morgan fingerprint density at radius 3 is 2.42 bits per heavy atom. The number of rotatable bonds is 8. The predicted octanol–water partition coefficient (Wildman–Crippen LogP) is 7.92. The van der Waals surface area contributed by atoms with Gasteiger partial charge in [-0.1, -0.05) is 54.9 Å². The molecular weight excluding hydrogens is 485 g/mol. The third-order valence-electron chi connectivity index (χ3n) is 6.93. The number of nitrogens with zero attached hydrogens (tertiary/aromatic N) is 1. The van der Waals surface area contributed by atoms with Gasteiger partial charge in [-0.2, -0.15) is 14.0 Å². The lowest BCUT2D eigenvalue weighted by atomic mass is 9.85. The van der Waals surface area contributed by atoms with E-state index in [4.69, 9.17) is 11.6 Å². The highest BCUT2D eigenvalue weighted by molar-refractivity contribution is 6.33. The molecule has 1 atom stereocenters. The summed E-state index contributed by atoms with van der Waals surface area (Å²) in [7, 11) is 0. The van der Waals surface area contributed by atoms with Gasteiger partial charge in [0.15, 0.2) is 11.6 Å². The van der Waals surface area contributed by atoms with Crippen LogP contribution in [0.4, 0.5) is 13.2 Å². The van der Waals surface area contributed by atoms with Crippen molar-refractivity contribution in [2.24, 2.45) is 5.92 Å². The maximum Gasteiger partial charge on any atom is 0.387 e. The average Bonchev–Trinajstić information content (AvgIpc) is 2.88. The molecule has 3 aromatic rings. The Morgan fingerprint density at radius 1 is 1.03 bits per heavy atom. The molecule has 1 saturated carbocycles. The van der Waals surface area contributed by atoms with Gasteiger partial charge in [0.1, 0.15) is 0 Å². The minimum absolute atomic E-state index is 0.0149. The number of nitrogens with one attached hydrogen (secondary N) is 1. The molecule has 188 valence electrons. The van der Waals surface area contributed by atoms with Gasteiger partial charge in [-0.05, 0) is 67.0 Å². The van der Waals surface area contributed by atoms with Crippen molar-refractivity contribution in [3.05, 3.63) is 88.2 Å². The molecule has 0 heterocycles. The van der Waals surface area contributed by atoms with Crippen molar-refractivity contribution in [3.63, 3.8) is 0 Å². The second-order valence-corrected chi connectivity index (χ2v) is 9.77. The Balaban J connectivity index is 1.73. The van der Waals surface area contributed by atoms with E-state index in [1.165, 1.54) is 18.9 Å². The first-order chi connectivity index (χ1) is 17.4. The van der Waals surface area contributed by atoms with Crippen molar-refractivity contribution in [2.45, 2.75) is 51.2 Å². The molecule has 4 rings (SSSR count). The normalized spacial score (nSPS) is 18.6. The predicted molar refractivity (Wildman–Crippen MR) is 136 cm³/mol. The van der Waals surface area contributed by atoms with Crippen LogP contribution in [-0.2, 0) is 0 Å². The summed E-state index contributed by atoms with van der Waals surface area (Å²) in [6.07, 6.45) is 4.66. The molecule has 0 radical (unpaired) electrons. The van der Waals surface area contributed by atoms with Crippen LogP contribution in [0, 0.1) is 23.1 Å². The molecule has 0 amide bonds. The van der Waals surface area contributed by atoms with E-state index in [-0.39, 0.29) is 27.6 Å². The number of alkyl halides is 2. The van der Waals surface area contributed by atoms with E-state index in [0.717, 1.165) is 36.0 Å². The highest BCUT2D eigenvalue weighted by Crippen LogP contribution is 2.39. The van der Waals surface area contributed by atoms with Crippen molar-refractivity contribution in [2.75, 3.05) is 6.54 Å². The summed E-state index contributed by atoms with van der Waals surface area (Å²) < 4.78 is 45.3. The lowest BCUT2D eigenvalue weighted by Gasteiger charge is -2.29. The SMILES string of the molecule is CC1CCC(NCC(c2ccccc2)c2ccc(Cl)c(-c3c(C#N)ccc(OC(F)F)c3F)c2)CC1. The highest BCUT2D eigenvalue weighted by Gasteiger charge is 2.24. The Hall–Kier alpha value is -3.01. The van der Waals surface area contributed by atoms with E-state index in [2.05, 4.69) is 17.0 Å². The van der Waals surface area contributed by atoms with Crippen LogP contribution in [0.15, 0.2) is 60.7 Å². The zero-order chi connectivity index (χ0) is 25.7. The van der Waals surface area contributed by atoms with Crippen LogP contribution in [0.1, 0.15) is 55.2 Å². The smallest absolute Gasteiger partial charge is 0.387 e. The molecule has 1 unspecified atom stereocenters. The molecule has 7 heteroatoms. The van der Waals surface area contributed by atoms with Crippen LogP contribution in [0.25, 0.3) is 11.1 Å². The van der Waals surface area contributed by atoms with Crippen LogP contribution < -0.4 is 10.1 Å². The first-order valence-corrected chi connectivity index (χ1v) is 12.5. The molecule has 36 heavy (non-hydrogen) atoms. The van der Waals surface area contributed by atoms with E-state index in [9.17, 15) is 14.0 Å². The van der Waals surface area contributed by atoms with Gasteiger partial charge >= 0.3 is 6.61 Å². The number of nitriles is 1. The number of halogens is 4. The zero-order valence-electron chi connectivity index (χ0n) is 20.0. The Morgan fingerprint density at radius 2 is 1.75 bits per heavy atom. The van der Waals surface area contributed by atoms with Crippen LogP contribution in [-0.4, -0.2) is 19.2 Å². The van der Waals surface area contributed by atoms with E-state index >= 15 is 4.39 Å². The lowest BCUT2D eigenvalue weighted by molar-refractivity contribution is -0.0521. The summed E-state index contributed by atoms with van der Waals surface area (Å²) >= 11 is 6.47. The summed E-state index contributed by atoms with van der Waals surface area (Å²) in [4.78, 5) is 0. The third kappa shape index (κ3) is 6.03. The van der Waals surface area contributed by atoms with Crippen molar-refractivity contribution < 1.29 is 17.9 Å². The van der Waals surface area contributed by atoms with Crippen molar-refractivity contribution >= 4 is 11.6 Å². The summed E-state index contributed by atoms with van der Waals surface area (Å²) in [6, 6.07) is 19.9. The summed E-state index contributed by atoms with van der Waals surface area (Å²) in [5, 5.41) is 13.5. The topological polar surface area (TPSA) is 45.0 Å². The molecule has 3 aromatic carbocycles. The number of benzene rings is 3. The highest BCUT2D eigenvalue weighted by atomic mass is 35.5. The fourth-order valence-electron chi connectivity index (χ4n) is 4.91. The van der Waals surface area contributed by atoms with E-state index < -0.39 is 18.2 Å². The van der Waals surface area contributed by atoms with Gasteiger partial charge in [-0.15, -0.1) is 0 Å². The van der Waals surface area contributed by atoms with E-state index in [1.54, 1.807) is 12.1 Å². The molecule has 0 saturated heterocycles. The monoisotopic (exact) mass is 512 g/mol. The summed E-state index contributed by atoms with van der Waals surface area (Å²) in [5.41, 5.74) is 2.05. The van der Waals surface area contributed by atoms with Crippen LogP contribution in [0.5, 0.6) is 5.75 Å². The molecular formula is C29H28ClF3N2O. The van der Waals surface area contributed by atoms with Gasteiger partial charge in [0.05, 0.1) is 11.6 Å². The van der Waals surface area contributed by atoms with Gasteiger partial charge in [0.2, 0.25) is 0 Å². The number of hydrogen-bond donors (Lipinski definition) is 1. The second kappa shape index (κ2) is 11.8. The van der Waals surface area contributed by atoms with Crippen molar-refractivity contribution in [1.29, 1.82) is 5.26 Å². The van der Waals surface area contributed by atoms with Crippen molar-refractivity contribution in [1.82, 2.24) is 5.32 Å². The van der Waals surface area contributed by atoms with Crippen LogP contribution >= 0.6 is 11.6 Å². The minimum atomic E-state index is -3.20. The van der Waals surface area contributed by atoms with E-state index in [0.29, 0.717) is 12.6 Å². The molecule has 0 aliphatic heterocycles. The third-order valence-corrected chi connectivity index (χ3v) is 7.26. The molecule has 0 aromatic heterocycles. The Labute approximate surface area is 214 Å². The fraction of sp³-hybridized carbons (Fsp3) is 0.345. The largest absolute Gasteiger partial charge is 0.432 e. The summed E-state index contributed by atoms with van der Waals surface area (Å²) in [5.74, 6) is -0.983. The number of hydrogen-bond acceptors (Lipinski definition) is 3.